The molecule has 1 heterocycles. The van der Waals surface area contributed by atoms with E-state index < -0.39 is 17.5 Å². The van der Waals surface area contributed by atoms with Gasteiger partial charge in [-0.05, 0) is 62.2 Å². The van der Waals surface area contributed by atoms with E-state index in [4.69, 9.17) is 4.74 Å². The summed E-state index contributed by atoms with van der Waals surface area (Å²) in [5, 5.41) is 6.95. The molecule has 0 saturated carbocycles. The number of ether oxygens (including phenoxy) is 1. The summed E-state index contributed by atoms with van der Waals surface area (Å²) in [7, 11) is 0. The quantitative estimate of drug-likeness (QED) is 0.735. The van der Waals surface area contributed by atoms with Crippen molar-refractivity contribution in [2.45, 2.75) is 26.9 Å². The molecule has 6 nitrogen and oxygen atoms in total. The number of carbonyl (C=O) groups is 1. The number of aryl methyl sites for hydroxylation is 2. The minimum absolute atomic E-state index is 0.104. The van der Waals surface area contributed by atoms with E-state index in [1.54, 1.807) is 6.92 Å². The molecule has 0 bridgehead atoms. The van der Waals surface area contributed by atoms with Crippen LogP contribution < -0.4 is 15.6 Å². The highest BCUT2D eigenvalue weighted by Crippen LogP contribution is 2.17. The molecule has 1 aromatic heterocycles. The molecule has 0 aliphatic carbocycles. The number of anilines is 1. The number of halogens is 1. The molecule has 1 N–H and O–H groups in total. The number of hydrogen-bond donors (Lipinski definition) is 1. The van der Waals surface area contributed by atoms with Crippen molar-refractivity contribution >= 4 is 11.6 Å². The van der Waals surface area contributed by atoms with E-state index in [0.29, 0.717) is 11.4 Å². The predicted octanol–water partition coefficient (Wildman–Crippen LogP) is 3.39. The van der Waals surface area contributed by atoms with Gasteiger partial charge >= 0.3 is 0 Å². The summed E-state index contributed by atoms with van der Waals surface area (Å²) < 4.78 is 19.8. The predicted molar refractivity (Wildman–Crippen MR) is 104 cm³/mol. The van der Waals surface area contributed by atoms with Gasteiger partial charge in [-0.2, -0.15) is 4.68 Å². The van der Waals surface area contributed by atoms with Gasteiger partial charge in [0.05, 0.1) is 5.69 Å². The van der Waals surface area contributed by atoms with Crippen LogP contribution in [0.1, 0.15) is 18.1 Å². The minimum Gasteiger partial charge on any atom is -0.463 e. The molecule has 7 heteroatoms. The lowest BCUT2D eigenvalue weighted by atomic mass is 10.1. The summed E-state index contributed by atoms with van der Waals surface area (Å²) in [5.74, 6) is -0.650. The average Bonchev–Trinajstić information content (AvgIpc) is 2.67. The van der Waals surface area contributed by atoms with Gasteiger partial charge in [0.25, 0.3) is 11.5 Å². The fourth-order valence-electron chi connectivity index (χ4n) is 2.56. The zero-order valence-electron chi connectivity index (χ0n) is 15.8. The third-order valence-electron chi connectivity index (χ3n) is 4.16. The van der Waals surface area contributed by atoms with E-state index in [-0.39, 0.29) is 11.8 Å². The molecular formula is C21H20FN3O3. The fourth-order valence-corrected chi connectivity index (χ4v) is 2.56. The van der Waals surface area contributed by atoms with Crippen molar-refractivity contribution in [3.8, 4) is 11.6 Å². The normalized spacial score (nSPS) is 11.7. The lowest BCUT2D eigenvalue weighted by Gasteiger charge is -2.16. The van der Waals surface area contributed by atoms with Crippen LogP contribution in [0.25, 0.3) is 5.69 Å². The van der Waals surface area contributed by atoms with Crippen molar-refractivity contribution in [1.29, 1.82) is 0 Å². The summed E-state index contributed by atoms with van der Waals surface area (Å²) >= 11 is 0. The Hall–Kier alpha value is -3.48. The Kier molecular flexibility index (Phi) is 5.54. The van der Waals surface area contributed by atoms with Crippen LogP contribution in [0.3, 0.4) is 0 Å². The second-order valence-electron chi connectivity index (χ2n) is 6.47. The van der Waals surface area contributed by atoms with Crippen molar-refractivity contribution in [1.82, 2.24) is 9.78 Å². The van der Waals surface area contributed by atoms with Gasteiger partial charge < -0.3 is 10.1 Å². The average molecular weight is 381 g/mol. The maximum absolute atomic E-state index is 13.1. The SMILES string of the molecule is Cc1ccc(C)c(NC(=O)C(C)Oc2ccc(=O)n(-c3ccc(F)cc3)n2)c1. The van der Waals surface area contributed by atoms with Gasteiger partial charge in [0, 0.05) is 17.8 Å². The Morgan fingerprint density at radius 3 is 2.54 bits per heavy atom. The standard InChI is InChI=1S/C21H20FN3O3/c1-13-4-5-14(2)18(12-13)23-21(27)15(3)28-19-10-11-20(26)25(24-19)17-8-6-16(22)7-9-17/h4-12,15H,1-3H3,(H,23,27). The topological polar surface area (TPSA) is 73.2 Å². The number of aromatic nitrogens is 2. The lowest BCUT2D eigenvalue weighted by Crippen LogP contribution is -2.31. The molecule has 0 radical (unpaired) electrons. The van der Waals surface area contributed by atoms with Gasteiger partial charge in [0.2, 0.25) is 5.88 Å². The highest BCUT2D eigenvalue weighted by Gasteiger charge is 2.17. The first-order valence-corrected chi connectivity index (χ1v) is 8.74. The second-order valence-corrected chi connectivity index (χ2v) is 6.47. The zero-order chi connectivity index (χ0) is 20.3. The van der Waals surface area contributed by atoms with E-state index >= 15 is 0 Å². The number of benzene rings is 2. The first-order valence-electron chi connectivity index (χ1n) is 8.74. The fraction of sp³-hybridized carbons (Fsp3) is 0.190. The molecule has 2 aromatic carbocycles. The summed E-state index contributed by atoms with van der Waals surface area (Å²) in [4.78, 5) is 24.5. The Balaban J connectivity index is 1.76. The molecule has 3 rings (SSSR count). The van der Waals surface area contributed by atoms with Crippen molar-refractivity contribution in [2.24, 2.45) is 0 Å². The molecule has 0 aliphatic rings. The molecule has 0 fully saturated rings. The first-order chi connectivity index (χ1) is 13.3. The van der Waals surface area contributed by atoms with Gasteiger partial charge in [-0.15, -0.1) is 5.10 Å². The van der Waals surface area contributed by atoms with Crippen LogP contribution in [0.15, 0.2) is 59.4 Å². The number of nitrogens with zero attached hydrogens (tertiary/aromatic N) is 2. The second kappa shape index (κ2) is 8.04. The number of nitrogens with one attached hydrogen (secondary N) is 1. The molecule has 1 atom stereocenters. The monoisotopic (exact) mass is 381 g/mol. The summed E-state index contributed by atoms with van der Waals surface area (Å²) in [6.07, 6.45) is -0.841. The van der Waals surface area contributed by atoms with E-state index in [1.165, 1.54) is 36.4 Å². The van der Waals surface area contributed by atoms with Crippen LogP contribution in [0, 0.1) is 19.7 Å². The van der Waals surface area contributed by atoms with Crippen molar-refractivity contribution < 1.29 is 13.9 Å². The van der Waals surface area contributed by atoms with Gasteiger partial charge in [-0.1, -0.05) is 12.1 Å². The largest absolute Gasteiger partial charge is 0.463 e. The molecule has 0 spiro atoms. The van der Waals surface area contributed by atoms with Crippen molar-refractivity contribution in [3.05, 3.63) is 81.9 Å². The Labute approximate surface area is 161 Å². The Morgan fingerprint density at radius 1 is 1.11 bits per heavy atom. The van der Waals surface area contributed by atoms with Gasteiger partial charge in [0.15, 0.2) is 6.10 Å². The van der Waals surface area contributed by atoms with Crippen molar-refractivity contribution in [3.63, 3.8) is 0 Å². The van der Waals surface area contributed by atoms with Crippen LogP contribution in [-0.4, -0.2) is 21.8 Å². The molecule has 28 heavy (non-hydrogen) atoms. The molecule has 1 unspecified atom stereocenters. The van der Waals surface area contributed by atoms with Gasteiger partial charge in [0.1, 0.15) is 5.82 Å². The lowest BCUT2D eigenvalue weighted by molar-refractivity contribution is -0.122. The number of hydrogen-bond acceptors (Lipinski definition) is 4. The zero-order valence-corrected chi connectivity index (χ0v) is 15.8. The Morgan fingerprint density at radius 2 is 1.82 bits per heavy atom. The maximum Gasteiger partial charge on any atom is 0.271 e. The van der Waals surface area contributed by atoms with Crippen LogP contribution in [0.2, 0.25) is 0 Å². The van der Waals surface area contributed by atoms with E-state index in [1.807, 2.05) is 32.0 Å². The van der Waals surface area contributed by atoms with Crippen molar-refractivity contribution in [2.75, 3.05) is 5.32 Å². The third kappa shape index (κ3) is 4.43. The van der Waals surface area contributed by atoms with Crippen LogP contribution >= 0.6 is 0 Å². The van der Waals surface area contributed by atoms with Crippen LogP contribution in [0.5, 0.6) is 5.88 Å². The molecule has 0 aliphatic heterocycles. The first kappa shape index (κ1) is 19.3. The summed E-state index contributed by atoms with van der Waals surface area (Å²) in [6.45, 7) is 5.44. The molecule has 3 aromatic rings. The van der Waals surface area contributed by atoms with Crippen LogP contribution in [0.4, 0.5) is 10.1 Å². The highest BCUT2D eigenvalue weighted by molar-refractivity contribution is 5.94. The summed E-state index contributed by atoms with van der Waals surface area (Å²) in [6, 6.07) is 13.8. The molecule has 144 valence electrons. The highest BCUT2D eigenvalue weighted by atomic mass is 19.1. The van der Waals surface area contributed by atoms with Gasteiger partial charge in [-0.3, -0.25) is 9.59 Å². The van der Waals surface area contributed by atoms with Gasteiger partial charge in [-0.25, -0.2) is 4.39 Å². The minimum atomic E-state index is -0.841. The number of carbonyl (C=O) groups excluding carboxylic acids is 1. The van der Waals surface area contributed by atoms with E-state index in [9.17, 15) is 14.0 Å². The van der Waals surface area contributed by atoms with E-state index in [2.05, 4.69) is 10.4 Å². The third-order valence-corrected chi connectivity index (χ3v) is 4.16. The number of rotatable bonds is 5. The maximum atomic E-state index is 13.1. The molecule has 0 saturated heterocycles. The Bertz CT molecular complexity index is 1060. The molecular weight excluding hydrogens is 361 g/mol. The van der Waals surface area contributed by atoms with E-state index in [0.717, 1.165) is 15.8 Å². The number of amides is 1. The van der Waals surface area contributed by atoms with Crippen LogP contribution in [-0.2, 0) is 4.79 Å². The summed E-state index contributed by atoms with van der Waals surface area (Å²) in [5.41, 5.74) is 2.68. The smallest absolute Gasteiger partial charge is 0.271 e. The molecule has 1 amide bonds.